The SMILES string of the molecule is COc1ccccc1[C@@H]1C2=C(N=c3s/c(=C/c4cc5c(cc4Br)OCO5)c(=O)n31)c1ccccc1CC2. The minimum atomic E-state index is -0.293. The van der Waals surface area contributed by atoms with Crippen LogP contribution in [0.15, 0.2) is 80.5 Å². The number of aryl methyl sites for hydroxylation is 1. The second-order valence-electron chi connectivity index (χ2n) is 9.08. The molecule has 0 bridgehead atoms. The van der Waals surface area contributed by atoms with Gasteiger partial charge in [0.25, 0.3) is 5.56 Å². The molecule has 0 unspecified atom stereocenters. The van der Waals surface area contributed by atoms with Crippen molar-refractivity contribution in [3.05, 3.63) is 113 Å². The van der Waals surface area contributed by atoms with E-state index in [2.05, 4.69) is 40.2 Å². The number of rotatable bonds is 3. The number of halogens is 1. The fourth-order valence-corrected chi connectivity index (χ4v) is 6.80. The third kappa shape index (κ3) is 3.58. The van der Waals surface area contributed by atoms with E-state index in [0.29, 0.717) is 20.8 Å². The Labute approximate surface area is 224 Å². The number of aromatic nitrogens is 1. The Morgan fingerprint density at radius 2 is 1.86 bits per heavy atom. The molecule has 7 rings (SSSR count). The largest absolute Gasteiger partial charge is 0.496 e. The molecule has 0 saturated heterocycles. The van der Waals surface area contributed by atoms with Crippen LogP contribution in [0.1, 0.15) is 34.7 Å². The number of hydrogen-bond acceptors (Lipinski definition) is 6. The van der Waals surface area contributed by atoms with Gasteiger partial charge in [-0.2, -0.15) is 0 Å². The summed E-state index contributed by atoms with van der Waals surface area (Å²) >= 11 is 5.02. The molecule has 4 aromatic rings. The molecule has 0 spiro atoms. The average Bonchev–Trinajstić information content (AvgIpc) is 3.50. The highest BCUT2D eigenvalue weighted by atomic mass is 79.9. The fourth-order valence-electron chi connectivity index (χ4n) is 5.38. The van der Waals surface area contributed by atoms with Gasteiger partial charge in [-0.1, -0.05) is 69.7 Å². The van der Waals surface area contributed by atoms with Crippen molar-refractivity contribution in [2.24, 2.45) is 4.99 Å². The van der Waals surface area contributed by atoms with Crippen LogP contribution in [-0.4, -0.2) is 18.5 Å². The molecule has 0 saturated carbocycles. The third-order valence-corrected chi connectivity index (χ3v) is 8.75. The molecule has 3 aromatic carbocycles. The first kappa shape index (κ1) is 22.6. The minimum absolute atomic E-state index is 0.0744. The molecule has 2 aliphatic heterocycles. The molecular weight excluding hydrogens is 552 g/mol. The van der Waals surface area contributed by atoms with Gasteiger partial charge in [-0.25, -0.2) is 4.99 Å². The number of allylic oxidation sites excluding steroid dienone is 1. The van der Waals surface area contributed by atoms with Crippen molar-refractivity contribution >= 4 is 39.0 Å². The van der Waals surface area contributed by atoms with E-state index in [1.165, 1.54) is 16.9 Å². The molecular formula is C29H21BrN2O4S. The van der Waals surface area contributed by atoms with Crippen LogP contribution in [0.2, 0.25) is 0 Å². The number of nitrogens with zero attached hydrogens (tertiary/aromatic N) is 2. The molecule has 1 aromatic heterocycles. The summed E-state index contributed by atoms with van der Waals surface area (Å²) in [4.78, 5) is 19.8. The monoisotopic (exact) mass is 572 g/mol. The maximum absolute atomic E-state index is 14.0. The van der Waals surface area contributed by atoms with E-state index in [4.69, 9.17) is 19.2 Å². The third-order valence-electron chi connectivity index (χ3n) is 7.08. The molecule has 0 N–H and O–H groups in total. The van der Waals surface area contributed by atoms with Crippen molar-refractivity contribution in [3.8, 4) is 17.2 Å². The van der Waals surface area contributed by atoms with Gasteiger partial charge in [0, 0.05) is 15.6 Å². The molecule has 3 heterocycles. The molecule has 184 valence electrons. The first-order chi connectivity index (χ1) is 18.1. The van der Waals surface area contributed by atoms with Crippen LogP contribution in [0, 0.1) is 0 Å². The lowest BCUT2D eigenvalue weighted by Crippen LogP contribution is -2.39. The van der Waals surface area contributed by atoms with Gasteiger partial charge in [0.1, 0.15) is 5.75 Å². The second kappa shape index (κ2) is 8.75. The molecule has 1 atom stereocenters. The van der Waals surface area contributed by atoms with E-state index in [9.17, 15) is 4.79 Å². The lowest BCUT2D eigenvalue weighted by atomic mass is 9.83. The van der Waals surface area contributed by atoms with E-state index >= 15 is 0 Å². The van der Waals surface area contributed by atoms with Crippen LogP contribution in [0.3, 0.4) is 0 Å². The van der Waals surface area contributed by atoms with Gasteiger partial charge in [-0.3, -0.25) is 9.36 Å². The Bertz CT molecular complexity index is 1800. The highest BCUT2D eigenvalue weighted by Gasteiger charge is 2.34. The maximum Gasteiger partial charge on any atom is 0.271 e. The van der Waals surface area contributed by atoms with Gasteiger partial charge in [-0.15, -0.1) is 0 Å². The summed E-state index contributed by atoms with van der Waals surface area (Å²) in [5, 5.41) is 0. The second-order valence-corrected chi connectivity index (χ2v) is 10.9. The van der Waals surface area contributed by atoms with E-state index in [1.807, 2.05) is 47.0 Å². The summed E-state index contributed by atoms with van der Waals surface area (Å²) < 4.78 is 20.1. The average molecular weight is 573 g/mol. The van der Waals surface area contributed by atoms with Gasteiger partial charge in [-0.05, 0) is 53.8 Å². The zero-order valence-corrected chi connectivity index (χ0v) is 22.3. The van der Waals surface area contributed by atoms with Crippen molar-refractivity contribution in [2.75, 3.05) is 13.9 Å². The highest BCUT2D eigenvalue weighted by Crippen LogP contribution is 2.43. The van der Waals surface area contributed by atoms with Gasteiger partial charge in [0.05, 0.1) is 23.4 Å². The van der Waals surface area contributed by atoms with E-state index in [-0.39, 0.29) is 18.4 Å². The van der Waals surface area contributed by atoms with E-state index in [1.54, 1.807) is 7.11 Å². The quantitative estimate of drug-likeness (QED) is 0.353. The van der Waals surface area contributed by atoms with Crippen LogP contribution >= 0.6 is 27.3 Å². The minimum Gasteiger partial charge on any atom is -0.496 e. The smallest absolute Gasteiger partial charge is 0.271 e. The van der Waals surface area contributed by atoms with Crippen molar-refractivity contribution in [1.82, 2.24) is 4.57 Å². The van der Waals surface area contributed by atoms with Crippen LogP contribution < -0.4 is 29.1 Å². The predicted octanol–water partition coefficient (Wildman–Crippen LogP) is 4.82. The number of fused-ring (bicyclic) bond motifs is 4. The standard InChI is InChI=1S/C29H21BrN2O4S/c1-34-22-9-5-4-8-19(22)27-20-11-10-16-6-2-3-7-18(16)26(20)31-29-32(27)28(33)25(37-29)13-17-12-23-24(14-21(17)30)36-15-35-23/h2-9,12-14,27H,10-11,15H2,1H3/b25-13+/t27-/m1/s1. The summed E-state index contributed by atoms with van der Waals surface area (Å²) in [6.45, 7) is 0.194. The zero-order chi connectivity index (χ0) is 25.1. The lowest BCUT2D eigenvalue weighted by molar-refractivity contribution is 0.174. The normalized spacial score (nSPS) is 17.7. The number of para-hydroxylation sites is 1. The summed E-state index contributed by atoms with van der Waals surface area (Å²) in [5.74, 6) is 2.11. The zero-order valence-electron chi connectivity index (χ0n) is 19.9. The Morgan fingerprint density at radius 3 is 2.73 bits per heavy atom. The molecule has 8 heteroatoms. The summed E-state index contributed by atoms with van der Waals surface area (Å²) in [5.41, 5.74) is 6.27. The molecule has 0 amide bonds. The van der Waals surface area contributed by atoms with Crippen LogP contribution in [0.25, 0.3) is 11.8 Å². The van der Waals surface area contributed by atoms with Crippen molar-refractivity contribution in [2.45, 2.75) is 18.9 Å². The lowest BCUT2D eigenvalue weighted by Gasteiger charge is -2.31. The first-order valence-electron chi connectivity index (χ1n) is 12.0. The highest BCUT2D eigenvalue weighted by molar-refractivity contribution is 9.10. The first-order valence-corrected chi connectivity index (χ1v) is 13.6. The molecule has 0 radical (unpaired) electrons. The fraction of sp³-hybridized carbons (Fsp3) is 0.172. The molecule has 0 fully saturated rings. The Balaban J connectivity index is 1.49. The van der Waals surface area contributed by atoms with Crippen LogP contribution in [0.5, 0.6) is 17.2 Å². The van der Waals surface area contributed by atoms with Crippen LogP contribution in [-0.2, 0) is 6.42 Å². The number of methoxy groups -OCH3 is 1. The predicted molar refractivity (Wildman–Crippen MR) is 146 cm³/mol. The molecule has 3 aliphatic rings. The summed E-state index contributed by atoms with van der Waals surface area (Å²) in [7, 11) is 1.67. The number of thiazole rings is 1. The van der Waals surface area contributed by atoms with Gasteiger partial charge < -0.3 is 14.2 Å². The maximum atomic E-state index is 14.0. The number of benzene rings is 3. The molecule has 37 heavy (non-hydrogen) atoms. The Morgan fingerprint density at radius 1 is 1.08 bits per heavy atom. The summed E-state index contributed by atoms with van der Waals surface area (Å²) in [6, 6.07) is 19.8. The number of hydrogen-bond donors (Lipinski definition) is 0. The van der Waals surface area contributed by atoms with Gasteiger partial charge in [0.2, 0.25) is 6.79 Å². The molecule has 6 nitrogen and oxygen atoms in total. The van der Waals surface area contributed by atoms with E-state index in [0.717, 1.165) is 51.0 Å². The van der Waals surface area contributed by atoms with Crippen LogP contribution in [0.4, 0.5) is 0 Å². The van der Waals surface area contributed by atoms with Crippen molar-refractivity contribution in [3.63, 3.8) is 0 Å². The van der Waals surface area contributed by atoms with Gasteiger partial charge >= 0.3 is 0 Å². The Hall–Kier alpha value is -3.62. The van der Waals surface area contributed by atoms with Crippen molar-refractivity contribution in [1.29, 1.82) is 0 Å². The molecule has 1 aliphatic carbocycles. The van der Waals surface area contributed by atoms with Crippen molar-refractivity contribution < 1.29 is 14.2 Å². The summed E-state index contributed by atoms with van der Waals surface area (Å²) in [6.07, 6.45) is 3.63. The van der Waals surface area contributed by atoms with Gasteiger partial charge in [0.15, 0.2) is 16.3 Å². The number of ether oxygens (including phenoxy) is 3. The van der Waals surface area contributed by atoms with E-state index < -0.39 is 0 Å². The Kier molecular flexibility index (Phi) is 5.33. The topological polar surface area (TPSA) is 62.0 Å².